The minimum Gasteiger partial charge on any atom is -0.383 e. The van der Waals surface area contributed by atoms with E-state index in [1.165, 1.54) is 0 Å². The van der Waals surface area contributed by atoms with Crippen LogP contribution in [0, 0.1) is 11.3 Å². The molecule has 4 heterocycles. The molecule has 5 rings (SSSR count). The van der Waals surface area contributed by atoms with Gasteiger partial charge >= 0.3 is 0 Å². The molecule has 0 saturated carbocycles. The summed E-state index contributed by atoms with van der Waals surface area (Å²) in [4.78, 5) is 15.3. The van der Waals surface area contributed by atoms with E-state index in [9.17, 15) is 5.26 Å². The van der Waals surface area contributed by atoms with Gasteiger partial charge in [0.05, 0.1) is 5.69 Å². The molecule has 3 aromatic heterocycles. The first-order valence-electron chi connectivity index (χ1n) is 8.71. The summed E-state index contributed by atoms with van der Waals surface area (Å²) in [5.74, 6) is 0.852. The fraction of sp³-hybridized carbons (Fsp3) is 0.158. The van der Waals surface area contributed by atoms with Crippen molar-refractivity contribution in [1.29, 1.82) is 5.26 Å². The van der Waals surface area contributed by atoms with Crippen molar-refractivity contribution in [2.45, 2.75) is 13.0 Å². The molecule has 9 heteroatoms. The number of nitriles is 1. The number of nitrogens with two attached hydrogens (primary N) is 1. The SMILES string of the molecule is N#Cc1c(N)nc2c(c1-c1cccc3nonc13)CN(c1ncccn1)CC2. The predicted molar refractivity (Wildman–Crippen MR) is 101 cm³/mol. The van der Waals surface area contributed by atoms with Crippen molar-refractivity contribution >= 4 is 22.8 Å². The maximum Gasteiger partial charge on any atom is 0.225 e. The lowest BCUT2D eigenvalue weighted by Crippen LogP contribution is -2.33. The molecule has 136 valence electrons. The average Bonchev–Trinajstić information content (AvgIpc) is 3.22. The number of hydrogen-bond donors (Lipinski definition) is 1. The predicted octanol–water partition coefficient (Wildman–Crippen LogP) is 2.09. The third-order valence-corrected chi connectivity index (χ3v) is 4.88. The van der Waals surface area contributed by atoms with Crippen LogP contribution in [0.2, 0.25) is 0 Å². The van der Waals surface area contributed by atoms with Gasteiger partial charge in [-0.3, -0.25) is 0 Å². The molecule has 4 aromatic rings. The third-order valence-electron chi connectivity index (χ3n) is 4.88. The Morgan fingerprint density at radius 1 is 1.14 bits per heavy atom. The van der Waals surface area contributed by atoms with Crippen molar-refractivity contribution in [2.24, 2.45) is 0 Å². The Morgan fingerprint density at radius 2 is 2.00 bits per heavy atom. The zero-order chi connectivity index (χ0) is 19.1. The van der Waals surface area contributed by atoms with Gasteiger partial charge in [0.25, 0.3) is 0 Å². The van der Waals surface area contributed by atoms with E-state index in [-0.39, 0.29) is 5.82 Å². The highest BCUT2D eigenvalue weighted by Gasteiger charge is 2.27. The van der Waals surface area contributed by atoms with E-state index in [4.69, 9.17) is 10.4 Å². The fourth-order valence-corrected chi connectivity index (χ4v) is 3.62. The summed E-state index contributed by atoms with van der Waals surface area (Å²) in [7, 11) is 0. The summed E-state index contributed by atoms with van der Waals surface area (Å²) in [6.45, 7) is 1.23. The summed E-state index contributed by atoms with van der Waals surface area (Å²) < 4.78 is 4.91. The van der Waals surface area contributed by atoms with Gasteiger partial charge in [-0.25, -0.2) is 19.6 Å². The Labute approximate surface area is 159 Å². The molecule has 28 heavy (non-hydrogen) atoms. The second kappa shape index (κ2) is 6.28. The van der Waals surface area contributed by atoms with Crippen molar-refractivity contribution < 1.29 is 4.63 Å². The lowest BCUT2D eigenvalue weighted by atomic mass is 9.90. The molecular weight excluding hydrogens is 356 g/mol. The molecule has 0 spiro atoms. The molecule has 9 nitrogen and oxygen atoms in total. The normalized spacial score (nSPS) is 13.3. The number of fused-ring (bicyclic) bond motifs is 2. The van der Waals surface area contributed by atoms with Crippen LogP contribution in [0.15, 0.2) is 41.3 Å². The molecule has 0 fully saturated rings. The van der Waals surface area contributed by atoms with Crippen LogP contribution in [0.5, 0.6) is 0 Å². The van der Waals surface area contributed by atoms with E-state index in [1.807, 2.05) is 18.2 Å². The number of nitrogen functional groups attached to an aromatic ring is 1. The standard InChI is InChI=1S/C19H14N8O/c20-9-12-16(11-3-1-4-15-17(11)26-28-25-15)13-10-27(19-22-6-2-7-23-19)8-5-14(13)24-18(12)21/h1-4,6-7H,5,8,10H2,(H2,21,24). The van der Waals surface area contributed by atoms with Gasteiger partial charge in [-0.05, 0) is 22.4 Å². The van der Waals surface area contributed by atoms with E-state index in [0.29, 0.717) is 47.6 Å². The summed E-state index contributed by atoms with van der Waals surface area (Å²) >= 11 is 0. The van der Waals surface area contributed by atoms with E-state index < -0.39 is 0 Å². The minimum atomic E-state index is 0.217. The number of hydrogen-bond acceptors (Lipinski definition) is 9. The lowest BCUT2D eigenvalue weighted by Gasteiger charge is -2.30. The molecule has 0 amide bonds. The van der Waals surface area contributed by atoms with Gasteiger partial charge in [-0.2, -0.15) is 5.26 Å². The summed E-state index contributed by atoms with van der Waals surface area (Å²) in [6.07, 6.45) is 4.09. The molecular formula is C19H14N8O. The monoisotopic (exact) mass is 370 g/mol. The fourth-order valence-electron chi connectivity index (χ4n) is 3.62. The van der Waals surface area contributed by atoms with Gasteiger partial charge < -0.3 is 10.6 Å². The van der Waals surface area contributed by atoms with Gasteiger partial charge in [0.2, 0.25) is 5.95 Å². The quantitative estimate of drug-likeness (QED) is 0.563. The van der Waals surface area contributed by atoms with Crippen LogP contribution in [0.4, 0.5) is 11.8 Å². The van der Waals surface area contributed by atoms with E-state index in [0.717, 1.165) is 16.8 Å². The van der Waals surface area contributed by atoms with E-state index >= 15 is 0 Å². The van der Waals surface area contributed by atoms with Crippen LogP contribution in [-0.4, -0.2) is 31.8 Å². The molecule has 0 unspecified atom stereocenters. The highest BCUT2D eigenvalue weighted by atomic mass is 16.6. The molecule has 0 radical (unpaired) electrons. The molecule has 0 atom stereocenters. The number of pyridine rings is 1. The molecule has 0 saturated heterocycles. The summed E-state index contributed by atoms with van der Waals surface area (Å²) in [6, 6.07) is 9.54. The van der Waals surface area contributed by atoms with Crippen LogP contribution < -0.4 is 10.6 Å². The second-order valence-electron chi connectivity index (χ2n) is 6.44. The number of anilines is 2. The molecule has 2 N–H and O–H groups in total. The molecule has 0 bridgehead atoms. The van der Waals surface area contributed by atoms with Crippen LogP contribution in [-0.2, 0) is 13.0 Å². The summed E-state index contributed by atoms with van der Waals surface area (Å²) in [5, 5.41) is 17.7. The Bertz CT molecular complexity index is 1230. The first kappa shape index (κ1) is 16.1. The van der Waals surface area contributed by atoms with Crippen LogP contribution in [0.3, 0.4) is 0 Å². The van der Waals surface area contributed by atoms with Crippen molar-refractivity contribution in [3.63, 3.8) is 0 Å². The van der Waals surface area contributed by atoms with Crippen molar-refractivity contribution in [3.05, 3.63) is 53.5 Å². The Hall–Kier alpha value is -4.06. The number of rotatable bonds is 2. The van der Waals surface area contributed by atoms with Crippen molar-refractivity contribution in [3.8, 4) is 17.2 Å². The van der Waals surface area contributed by atoms with Crippen LogP contribution in [0.1, 0.15) is 16.8 Å². The minimum absolute atomic E-state index is 0.217. The maximum atomic E-state index is 9.80. The van der Waals surface area contributed by atoms with E-state index in [2.05, 4.69) is 36.2 Å². The number of nitrogens with zero attached hydrogens (tertiary/aromatic N) is 7. The Kier molecular flexibility index (Phi) is 3.62. The molecule has 1 aliphatic heterocycles. The van der Waals surface area contributed by atoms with Crippen LogP contribution >= 0.6 is 0 Å². The average molecular weight is 370 g/mol. The lowest BCUT2D eigenvalue weighted by molar-refractivity contribution is 0.315. The second-order valence-corrected chi connectivity index (χ2v) is 6.44. The van der Waals surface area contributed by atoms with Gasteiger partial charge in [0.15, 0.2) is 0 Å². The Morgan fingerprint density at radius 3 is 2.82 bits per heavy atom. The zero-order valence-corrected chi connectivity index (χ0v) is 14.7. The largest absolute Gasteiger partial charge is 0.383 e. The maximum absolute atomic E-state index is 9.80. The highest BCUT2D eigenvalue weighted by molar-refractivity contribution is 5.95. The summed E-state index contributed by atoms with van der Waals surface area (Å²) in [5.41, 5.74) is 10.9. The third kappa shape index (κ3) is 2.43. The van der Waals surface area contributed by atoms with Crippen molar-refractivity contribution in [2.75, 3.05) is 17.2 Å². The van der Waals surface area contributed by atoms with Gasteiger partial charge in [0, 0.05) is 48.6 Å². The number of aromatic nitrogens is 5. The molecule has 1 aliphatic rings. The van der Waals surface area contributed by atoms with Crippen LogP contribution in [0.25, 0.3) is 22.2 Å². The van der Waals surface area contributed by atoms with Gasteiger partial charge in [0.1, 0.15) is 28.5 Å². The molecule has 1 aromatic carbocycles. The van der Waals surface area contributed by atoms with Gasteiger partial charge in [-0.1, -0.05) is 12.1 Å². The molecule has 0 aliphatic carbocycles. The topological polar surface area (TPSA) is 131 Å². The van der Waals surface area contributed by atoms with Gasteiger partial charge in [-0.15, -0.1) is 0 Å². The zero-order valence-electron chi connectivity index (χ0n) is 14.7. The van der Waals surface area contributed by atoms with E-state index in [1.54, 1.807) is 18.5 Å². The first-order chi connectivity index (χ1) is 13.8. The smallest absolute Gasteiger partial charge is 0.225 e. The highest BCUT2D eigenvalue weighted by Crippen LogP contribution is 2.38. The first-order valence-corrected chi connectivity index (χ1v) is 8.71. The van der Waals surface area contributed by atoms with Crippen molar-refractivity contribution in [1.82, 2.24) is 25.3 Å². The Balaban J connectivity index is 1.75. The number of benzene rings is 1.